The Morgan fingerprint density at radius 2 is 1.88 bits per heavy atom. The molecule has 0 saturated heterocycles. The van der Waals surface area contributed by atoms with Gasteiger partial charge in [-0.15, -0.1) is 0 Å². The van der Waals surface area contributed by atoms with Gasteiger partial charge < -0.3 is 4.74 Å². The zero-order chi connectivity index (χ0) is 17.0. The Hall–Kier alpha value is -2.09. The Kier molecular flexibility index (Phi) is 8.09. The number of allylic oxidation sites excluding steroid dienone is 4. The van der Waals surface area contributed by atoms with Crippen molar-refractivity contribution in [2.75, 3.05) is 6.61 Å². The smallest absolute Gasteiger partial charge is 0.330 e. The van der Waals surface area contributed by atoms with Crippen LogP contribution in [0.25, 0.3) is 6.08 Å². The molecule has 128 valence electrons. The summed E-state index contributed by atoms with van der Waals surface area (Å²) in [5, 5.41) is 0. The summed E-state index contributed by atoms with van der Waals surface area (Å²) in [7, 11) is 0. The maximum Gasteiger partial charge on any atom is 0.330 e. The summed E-state index contributed by atoms with van der Waals surface area (Å²) in [6, 6.07) is 10.3. The fourth-order valence-corrected chi connectivity index (χ4v) is 3.06. The first-order chi connectivity index (χ1) is 11.8. The van der Waals surface area contributed by atoms with E-state index in [0.717, 1.165) is 6.42 Å². The van der Waals surface area contributed by atoms with E-state index in [-0.39, 0.29) is 5.97 Å². The quantitative estimate of drug-likeness (QED) is 0.364. The highest BCUT2D eigenvalue weighted by Gasteiger charge is 2.11. The summed E-state index contributed by atoms with van der Waals surface area (Å²) in [6.45, 7) is 2.24. The lowest BCUT2D eigenvalue weighted by molar-refractivity contribution is -0.137. The van der Waals surface area contributed by atoms with E-state index in [1.165, 1.54) is 43.2 Å². The van der Waals surface area contributed by atoms with Crippen LogP contribution in [-0.4, -0.2) is 12.6 Å². The summed E-state index contributed by atoms with van der Waals surface area (Å²) in [4.78, 5) is 11.6. The Morgan fingerprint density at radius 3 is 2.58 bits per heavy atom. The van der Waals surface area contributed by atoms with Gasteiger partial charge in [0, 0.05) is 6.08 Å². The van der Waals surface area contributed by atoms with Gasteiger partial charge in [-0.2, -0.15) is 0 Å². The number of carbonyl (C=O) groups is 1. The van der Waals surface area contributed by atoms with E-state index in [2.05, 4.69) is 30.4 Å². The number of carbonyl (C=O) groups excluding carboxylic acids is 1. The second-order valence-corrected chi connectivity index (χ2v) is 6.24. The normalized spacial score (nSPS) is 16.8. The number of hydrogen-bond acceptors (Lipinski definition) is 2. The molecular weight excluding hydrogens is 296 g/mol. The maximum absolute atomic E-state index is 11.6. The Balaban J connectivity index is 2.02. The molecule has 1 aromatic rings. The van der Waals surface area contributed by atoms with Crippen LogP contribution < -0.4 is 0 Å². The molecule has 0 aromatic heterocycles. The first-order valence-corrected chi connectivity index (χ1v) is 9.05. The lowest BCUT2D eigenvalue weighted by Gasteiger charge is -2.19. The predicted octanol–water partition coefficient (Wildman–Crippen LogP) is 5.72. The van der Waals surface area contributed by atoms with Crippen LogP contribution in [0.5, 0.6) is 0 Å². The lowest BCUT2D eigenvalue weighted by atomic mass is 9.87. The standard InChI is InChI=1S/C22H28O2/c1-2-24-22(23)17-16-21(18-20-12-7-4-8-13-20)15-9-14-19-10-5-3-6-11-19/h3,5-6,9-11,14,16-18,20H,2,4,7-8,12-13,15H2,1H3/b14-9+,17-16-,21-18+. The van der Waals surface area contributed by atoms with E-state index >= 15 is 0 Å². The molecule has 2 heteroatoms. The molecule has 1 aliphatic rings. The third-order valence-corrected chi connectivity index (χ3v) is 4.28. The van der Waals surface area contributed by atoms with Crippen molar-refractivity contribution in [1.82, 2.24) is 0 Å². The van der Waals surface area contributed by atoms with Crippen molar-refractivity contribution < 1.29 is 9.53 Å². The fourth-order valence-electron chi connectivity index (χ4n) is 3.06. The highest BCUT2D eigenvalue weighted by atomic mass is 16.5. The summed E-state index contributed by atoms with van der Waals surface area (Å²) in [5.74, 6) is 0.379. The molecule has 0 spiro atoms. The third-order valence-electron chi connectivity index (χ3n) is 4.28. The Labute approximate surface area is 145 Å². The van der Waals surface area contributed by atoms with Crippen LogP contribution in [0.2, 0.25) is 0 Å². The average Bonchev–Trinajstić information content (AvgIpc) is 2.61. The Morgan fingerprint density at radius 1 is 1.12 bits per heavy atom. The van der Waals surface area contributed by atoms with E-state index in [4.69, 9.17) is 4.74 Å². The molecule has 0 N–H and O–H groups in total. The molecule has 1 aromatic carbocycles. The van der Waals surface area contributed by atoms with Crippen LogP contribution in [0.3, 0.4) is 0 Å². The van der Waals surface area contributed by atoms with Gasteiger partial charge in [-0.1, -0.05) is 73.9 Å². The van der Waals surface area contributed by atoms with Gasteiger partial charge in [-0.05, 0) is 43.2 Å². The second-order valence-electron chi connectivity index (χ2n) is 6.24. The molecule has 0 unspecified atom stereocenters. The van der Waals surface area contributed by atoms with E-state index in [0.29, 0.717) is 12.5 Å². The van der Waals surface area contributed by atoms with Gasteiger partial charge in [-0.3, -0.25) is 0 Å². The van der Waals surface area contributed by atoms with Crippen molar-refractivity contribution in [3.63, 3.8) is 0 Å². The zero-order valence-electron chi connectivity index (χ0n) is 14.6. The third kappa shape index (κ3) is 6.99. The SMILES string of the molecule is CCOC(=O)/C=C\C(=C\C1CCCCC1)C/C=C/c1ccccc1. The zero-order valence-corrected chi connectivity index (χ0v) is 14.6. The minimum absolute atomic E-state index is 0.265. The van der Waals surface area contributed by atoms with Gasteiger partial charge in [-0.25, -0.2) is 4.79 Å². The number of benzene rings is 1. The highest BCUT2D eigenvalue weighted by molar-refractivity contribution is 5.82. The minimum atomic E-state index is -0.265. The molecule has 0 heterocycles. The van der Waals surface area contributed by atoms with Gasteiger partial charge >= 0.3 is 5.97 Å². The molecular formula is C22H28O2. The van der Waals surface area contributed by atoms with E-state index in [1.54, 1.807) is 6.08 Å². The van der Waals surface area contributed by atoms with Gasteiger partial charge in [0.25, 0.3) is 0 Å². The van der Waals surface area contributed by atoms with Crippen LogP contribution in [0.1, 0.15) is 51.0 Å². The molecule has 1 saturated carbocycles. The Bertz CT molecular complexity index is 575. The van der Waals surface area contributed by atoms with Crippen LogP contribution in [0.4, 0.5) is 0 Å². The first kappa shape index (κ1) is 18.3. The topological polar surface area (TPSA) is 26.3 Å². The van der Waals surface area contributed by atoms with Crippen molar-refractivity contribution in [3.8, 4) is 0 Å². The fraction of sp³-hybridized carbons (Fsp3) is 0.409. The van der Waals surface area contributed by atoms with Gasteiger partial charge in [0.2, 0.25) is 0 Å². The number of hydrogen-bond donors (Lipinski definition) is 0. The average molecular weight is 324 g/mol. The molecule has 24 heavy (non-hydrogen) atoms. The number of ether oxygens (including phenoxy) is 1. The van der Waals surface area contributed by atoms with Crippen LogP contribution in [0, 0.1) is 5.92 Å². The summed E-state index contributed by atoms with van der Waals surface area (Å²) in [5.41, 5.74) is 2.39. The van der Waals surface area contributed by atoms with Crippen molar-refractivity contribution in [2.24, 2.45) is 5.92 Å². The van der Waals surface area contributed by atoms with Crippen LogP contribution in [0.15, 0.2) is 60.2 Å². The summed E-state index contributed by atoms with van der Waals surface area (Å²) >= 11 is 0. The maximum atomic E-state index is 11.6. The molecule has 0 aliphatic heterocycles. The first-order valence-electron chi connectivity index (χ1n) is 9.05. The number of esters is 1. The summed E-state index contributed by atoms with van der Waals surface area (Å²) < 4.78 is 4.99. The molecule has 1 aliphatic carbocycles. The van der Waals surface area contributed by atoms with Crippen molar-refractivity contribution in [3.05, 3.63) is 65.8 Å². The van der Waals surface area contributed by atoms with Crippen LogP contribution in [-0.2, 0) is 9.53 Å². The highest BCUT2D eigenvalue weighted by Crippen LogP contribution is 2.26. The van der Waals surface area contributed by atoms with Crippen molar-refractivity contribution in [2.45, 2.75) is 45.4 Å². The molecule has 2 nitrogen and oxygen atoms in total. The number of rotatable bonds is 7. The molecule has 0 radical (unpaired) electrons. The van der Waals surface area contributed by atoms with Crippen LogP contribution >= 0.6 is 0 Å². The van der Waals surface area contributed by atoms with Crippen molar-refractivity contribution >= 4 is 12.0 Å². The van der Waals surface area contributed by atoms with Crippen molar-refractivity contribution in [1.29, 1.82) is 0 Å². The monoisotopic (exact) mass is 324 g/mol. The molecule has 1 fully saturated rings. The molecule has 2 rings (SSSR count). The summed E-state index contributed by atoms with van der Waals surface area (Å²) in [6.07, 6.45) is 17.5. The molecule has 0 bridgehead atoms. The molecule has 0 atom stereocenters. The second kappa shape index (κ2) is 10.6. The predicted molar refractivity (Wildman–Crippen MR) is 101 cm³/mol. The van der Waals surface area contributed by atoms with Gasteiger partial charge in [0.05, 0.1) is 6.61 Å². The largest absolute Gasteiger partial charge is 0.463 e. The van der Waals surface area contributed by atoms with E-state index < -0.39 is 0 Å². The lowest BCUT2D eigenvalue weighted by Crippen LogP contribution is -2.04. The minimum Gasteiger partial charge on any atom is -0.463 e. The van der Waals surface area contributed by atoms with E-state index in [1.807, 2.05) is 31.2 Å². The molecule has 0 amide bonds. The van der Waals surface area contributed by atoms with Gasteiger partial charge in [0.15, 0.2) is 0 Å². The van der Waals surface area contributed by atoms with Gasteiger partial charge in [0.1, 0.15) is 0 Å². The van der Waals surface area contributed by atoms with E-state index in [9.17, 15) is 4.79 Å².